The van der Waals surface area contributed by atoms with Gasteiger partial charge >= 0.3 is 0 Å². The van der Waals surface area contributed by atoms with Gasteiger partial charge in [0.2, 0.25) is 11.8 Å². The summed E-state index contributed by atoms with van der Waals surface area (Å²) in [6.07, 6.45) is 5.29. The number of nitrogens with one attached hydrogen (secondary N) is 1. The molecule has 1 atom stereocenters. The van der Waals surface area contributed by atoms with Crippen molar-refractivity contribution in [2.45, 2.75) is 75.9 Å². The van der Waals surface area contributed by atoms with Crippen molar-refractivity contribution in [2.75, 3.05) is 17.5 Å². The minimum atomic E-state index is -4.24. The summed E-state index contributed by atoms with van der Waals surface area (Å²) in [5, 5.41) is 4.18. The fraction of sp³-hybridized carbons (Fsp3) is 0.394. The van der Waals surface area contributed by atoms with Gasteiger partial charge in [-0.05, 0) is 92.4 Å². The zero-order valence-corrected chi connectivity index (χ0v) is 28.4. The first kappa shape index (κ1) is 34.9. The van der Waals surface area contributed by atoms with Crippen LogP contribution >= 0.6 is 34.8 Å². The van der Waals surface area contributed by atoms with E-state index in [-0.39, 0.29) is 29.1 Å². The first-order valence-electron chi connectivity index (χ1n) is 15.1. The summed E-state index contributed by atoms with van der Waals surface area (Å²) in [6.45, 7) is 3.57. The van der Waals surface area contributed by atoms with E-state index in [4.69, 9.17) is 39.5 Å². The molecule has 2 amide bonds. The molecule has 0 aromatic heterocycles. The fourth-order valence-corrected chi connectivity index (χ4v) is 7.30. The Kier molecular flexibility index (Phi) is 12.4. The lowest BCUT2D eigenvalue weighted by molar-refractivity contribution is -0.140. The summed E-state index contributed by atoms with van der Waals surface area (Å²) in [4.78, 5) is 29.4. The molecule has 1 saturated carbocycles. The molecular weight excluding hydrogens is 657 g/mol. The largest absolute Gasteiger partial charge is 0.494 e. The third-order valence-corrected chi connectivity index (χ3v) is 10.6. The molecule has 0 heterocycles. The molecule has 242 valence electrons. The van der Waals surface area contributed by atoms with Gasteiger partial charge in [0.15, 0.2) is 0 Å². The summed E-state index contributed by atoms with van der Waals surface area (Å²) >= 11 is 18.5. The number of benzene rings is 3. The summed E-state index contributed by atoms with van der Waals surface area (Å²) in [5.74, 6) is -0.271. The maximum absolute atomic E-state index is 14.3. The summed E-state index contributed by atoms with van der Waals surface area (Å²) in [7, 11) is -4.24. The van der Waals surface area contributed by atoms with Gasteiger partial charge in [-0.3, -0.25) is 13.9 Å². The Labute approximate surface area is 280 Å². The van der Waals surface area contributed by atoms with Gasteiger partial charge in [0.25, 0.3) is 10.0 Å². The Balaban J connectivity index is 1.72. The van der Waals surface area contributed by atoms with Crippen LogP contribution in [-0.4, -0.2) is 50.4 Å². The number of nitrogens with zero attached hydrogens (tertiary/aromatic N) is 2. The molecule has 1 N–H and O–H groups in total. The van der Waals surface area contributed by atoms with Crippen LogP contribution in [0.15, 0.2) is 71.6 Å². The molecule has 0 aliphatic heterocycles. The molecule has 0 bridgehead atoms. The number of amides is 2. The van der Waals surface area contributed by atoms with Crippen LogP contribution in [0.5, 0.6) is 5.75 Å². The molecule has 12 heteroatoms. The molecule has 0 saturated heterocycles. The number of ether oxygens (including phenoxy) is 1. The number of hydrogen-bond acceptors (Lipinski definition) is 5. The third-order valence-electron chi connectivity index (χ3n) is 7.79. The van der Waals surface area contributed by atoms with Gasteiger partial charge in [0.1, 0.15) is 18.3 Å². The standard InChI is InChI=1S/C33H38Cl3N3O5S/c1-3-31(33(41)37-25-8-6-5-7-9-25)38(21-23-10-19-29(35)30(36)20-23)32(40)22-39(26-13-15-27(16-14-26)44-4-2)45(42,43)28-17-11-24(34)12-18-28/h10-20,25,31H,3-9,21-22H2,1-2H3,(H,37,41)/t31-/m0/s1. The van der Waals surface area contributed by atoms with Crippen molar-refractivity contribution in [1.82, 2.24) is 10.2 Å². The van der Waals surface area contributed by atoms with E-state index in [1.54, 1.807) is 42.5 Å². The van der Waals surface area contributed by atoms with Gasteiger partial charge in [-0.1, -0.05) is 67.1 Å². The minimum absolute atomic E-state index is 0.0183. The van der Waals surface area contributed by atoms with E-state index in [1.165, 1.54) is 29.2 Å². The van der Waals surface area contributed by atoms with Crippen LogP contribution in [0.2, 0.25) is 15.1 Å². The molecule has 3 aromatic rings. The summed E-state index contributed by atoms with van der Waals surface area (Å²) in [6, 6.07) is 16.4. The Morgan fingerprint density at radius 2 is 1.58 bits per heavy atom. The van der Waals surface area contributed by atoms with Crippen LogP contribution < -0.4 is 14.4 Å². The van der Waals surface area contributed by atoms with Gasteiger partial charge in [-0.25, -0.2) is 8.42 Å². The molecule has 3 aromatic carbocycles. The van der Waals surface area contributed by atoms with Crippen molar-refractivity contribution in [3.05, 3.63) is 87.4 Å². The van der Waals surface area contributed by atoms with E-state index in [1.807, 2.05) is 13.8 Å². The molecule has 1 fully saturated rings. The highest BCUT2D eigenvalue weighted by atomic mass is 35.5. The molecule has 1 aliphatic rings. The lowest BCUT2D eigenvalue weighted by Crippen LogP contribution is -2.54. The lowest BCUT2D eigenvalue weighted by atomic mass is 9.95. The maximum Gasteiger partial charge on any atom is 0.264 e. The second kappa shape index (κ2) is 16.0. The van der Waals surface area contributed by atoms with E-state index in [9.17, 15) is 18.0 Å². The molecule has 45 heavy (non-hydrogen) atoms. The average molecular weight is 695 g/mol. The van der Waals surface area contributed by atoms with Crippen molar-refractivity contribution in [3.63, 3.8) is 0 Å². The van der Waals surface area contributed by atoms with Gasteiger partial charge < -0.3 is 15.0 Å². The molecule has 4 rings (SSSR count). The molecular formula is C33H38Cl3N3O5S. The average Bonchev–Trinajstić information content (AvgIpc) is 3.02. The normalized spacial score (nSPS) is 14.4. The zero-order valence-electron chi connectivity index (χ0n) is 25.3. The SMILES string of the molecule is CCOc1ccc(N(CC(=O)N(Cc2ccc(Cl)c(Cl)c2)[C@@H](CC)C(=O)NC2CCCCC2)S(=O)(=O)c2ccc(Cl)cc2)cc1. The minimum Gasteiger partial charge on any atom is -0.494 e. The van der Waals surface area contributed by atoms with E-state index >= 15 is 0 Å². The highest BCUT2D eigenvalue weighted by Crippen LogP contribution is 2.29. The zero-order chi connectivity index (χ0) is 32.6. The Bertz CT molecular complexity index is 1560. The summed E-state index contributed by atoms with van der Waals surface area (Å²) < 4.78 is 34.7. The van der Waals surface area contributed by atoms with Crippen LogP contribution in [-0.2, 0) is 26.2 Å². The number of anilines is 1. The van der Waals surface area contributed by atoms with Crippen molar-refractivity contribution >= 4 is 62.3 Å². The van der Waals surface area contributed by atoms with Crippen molar-refractivity contribution in [1.29, 1.82) is 0 Å². The van der Waals surface area contributed by atoms with Crippen LogP contribution in [0.1, 0.15) is 57.9 Å². The van der Waals surface area contributed by atoms with Gasteiger partial charge in [0.05, 0.1) is 27.2 Å². The molecule has 8 nitrogen and oxygen atoms in total. The second-order valence-electron chi connectivity index (χ2n) is 10.9. The Morgan fingerprint density at radius 1 is 0.911 bits per heavy atom. The van der Waals surface area contributed by atoms with Crippen LogP contribution in [0.4, 0.5) is 5.69 Å². The molecule has 0 spiro atoms. The van der Waals surface area contributed by atoms with E-state index in [0.717, 1.165) is 36.4 Å². The first-order chi connectivity index (χ1) is 21.5. The molecule has 0 radical (unpaired) electrons. The van der Waals surface area contributed by atoms with Gasteiger partial charge in [-0.2, -0.15) is 0 Å². The van der Waals surface area contributed by atoms with Crippen molar-refractivity contribution < 1.29 is 22.7 Å². The lowest BCUT2D eigenvalue weighted by Gasteiger charge is -2.34. The van der Waals surface area contributed by atoms with E-state index in [0.29, 0.717) is 39.4 Å². The fourth-order valence-electron chi connectivity index (χ4n) is 5.44. The number of sulfonamides is 1. The summed E-state index contributed by atoms with van der Waals surface area (Å²) in [5.41, 5.74) is 0.908. The smallest absolute Gasteiger partial charge is 0.264 e. The topological polar surface area (TPSA) is 96.0 Å². The number of halogens is 3. The van der Waals surface area contributed by atoms with Gasteiger partial charge in [0, 0.05) is 17.6 Å². The molecule has 1 aliphatic carbocycles. The highest BCUT2D eigenvalue weighted by Gasteiger charge is 2.34. The number of carbonyl (C=O) groups excluding carboxylic acids is 2. The Hall–Kier alpha value is -2.98. The maximum atomic E-state index is 14.3. The third kappa shape index (κ3) is 9.06. The first-order valence-corrected chi connectivity index (χ1v) is 17.7. The van der Waals surface area contributed by atoms with Crippen molar-refractivity contribution in [3.8, 4) is 5.75 Å². The van der Waals surface area contributed by atoms with E-state index < -0.39 is 28.5 Å². The highest BCUT2D eigenvalue weighted by molar-refractivity contribution is 7.92. The predicted molar refractivity (Wildman–Crippen MR) is 180 cm³/mol. The quantitative estimate of drug-likeness (QED) is 0.200. The van der Waals surface area contributed by atoms with Crippen LogP contribution in [0.25, 0.3) is 0 Å². The Morgan fingerprint density at radius 3 is 2.18 bits per heavy atom. The monoisotopic (exact) mass is 693 g/mol. The predicted octanol–water partition coefficient (Wildman–Crippen LogP) is 7.50. The number of carbonyl (C=O) groups is 2. The molecule has 0 unspecified atom stereocenters. The second-order valence-corrected chi connectivity index (χ2v) is 14.0. The van der Waals surface area contributed by atoms with E-state index in [2.05, 4.69) is 5.32 Å². The van der Waals surface area contributed by atoms with Crippen molar-refractivity contribution in [2.24, 2.45) is 0 Å². The van der Waals surface area contributed by atoms with Crippen LogP contribution in [0, 0.1) is 0 Å². The van der Waals surface area contributed by atoms with Crippen LogP contribution in [0.3, 0.4) is 0 Å². The number of hydrogen-bond donors (Lipinski definition) is 1. The number of rotatable bonds is 13. The van der Waals surface area contributed by atoms with Gasteiger partial charge in [-0.15, -0.1) is 0 Å².